The number of allylic oxidation sites excluding steroid dienone is 2. The molecular weight excluding hydrogens is 174 g/mol. The van der Waals surface area contributed by atoms with Crippen molar-refractivity contribution in [2.45, 2.75) is 47.0 Å². The number of hydrogen-bond acceptors (Lipinski definition) is 2. The number of nitrogens with zero attached hydrogens (tertiary/aromatic N) is 1. The summed E-state index contributed by atoms with van der Waals surface area (Å²) in [6, 6.07) is 0. The molecule has 1 atom stereocenters. The van der Waals surface area contributed by atoms with Crippen molar-refractivity contribution in [2.24, 2.45) is 10.4 Å². The van der Waals surface area contributed by atoms with E-state index in [4.69, 9.17) is 0 Å². The number of Topliss-reactive ketones (excluding diaryl/α,β-unsaturated/α-hetero) is 1. The van der Waals surface area contributed by atoms with E-state index in [1.165, 1.54) is 5.57 Å². The molecular formula is C12H19NO. The quantitative estimate of drug-likeness (QED) is 0.674. The van der Waals surface area contributed by atoms with E-state index < -0.39 is 5.41 Å². The van der Waals surface area contributed by atoms with Crippen LogP contribution >= 0.6 is 0 Å². The standard InChI is InChI=1S/C12H19NO/c1-5-6-7-11-9(2)13-8-12(11,4)10(3)14/h8H,5-7H2,1-4H3. The van der Waals surface area contributed by atoms with Crippen molar-refractivity contribution < 1.29 is 4.79 Å². The minimum atomic E-state index is -0.417. The van der Waals surface area contributed by atoms with Crippen LogP contribution in [0.1, 0.15) is 47.0 Å². The van der Waals surface area contributed by atoms with Gasteiger partial charge in [0.15, 0.2) is 0 Å². The van der Waals surface area contributed by atoms with Gasteiger partial charge < -0.3 is 0 Å². The smallest absolute Gasteiger partial charge is 0.145 e. The molecule has 1 aliphatic heterocycles. The second kappa shape index (κ2) is 4.07. The van der Waals surface area contributed by atoms with Gasteiger partial charge in [-0.25, -0.2) is 0 Å². The lowest BCUT2D eigenvalue weighted by Gasteiger charge is -2.22. The van der Waals surface area contributed by atoms with Gasteiger partial charge in [-0.1, -0.05) is 13.3 Å². The summed E-state index contributed by atoms with van der Waals surface area (Å²) in [5.74, 6) is 0.198. The normalized spacial score (nSPS) is 26.0. The molecule has 0 aromatic rings. The first-order valence-corrected chi connectivity index (χ1v) is 5.29. The van der Waals surface area contributed by atoms with E-state index in [0.717, 1.165) is 25.0 Å². The molecule has 1 rings (SSSR count). The van der Waals surface area contributed by atoms with E-state index in [9.17, 15) is 4.79 Å². The molecule has 2 heteroatoms. The van der Waals surface area contributed by atoms with E-state index >= 15 is 0 Å². The Kier molecular flexibility index (Phi) is 3.25. The fraction of sp³-hybridized carbons (Fsp3) is 0.667. The molecule has 14 heavy (non-hydrogen) atoms. The zero-order valence-electron chi connectivity index (χ0n) is 9.55. The minimum Gasteiger partial charge on any atom is -0.299 e. The summed E-state index contributed by atoms with van der Waals surface area (Å²) in [6.45, 7) is 7.78. The molecule has 1 aliphatic rings. The Morgan fingerprint density at radius 3 is 2.71 bits per heavy atom. The fourth-order valence-electron chi connectivity index (χ4n) is 1.86. The van der Waals surface area contributed by atoms with Crippen molar-refractivity contribution >= 4 is 12.0 Å². The highest BCUT2D eigenvalue weighted by Gasteiger charge is 2.36. The lowest BCUT2D eigenvalue weighted by molar-refractivity contribution is -0.121. The third-order valence-electron chi connectivity index (χ3n) is 3.09. The second-order valence-electron chi connectivity index (χ2n) is 4.18. The summed E-state index contributed by atoms with van der Waals surface area (Å²) < 4.78 is 0. The molecule has 2 nitrogen and oxygen atoms in total. The van der Waals surface area contributed by atoms with E-state index in [2.05, 4.69) is 11.9 Å². The highest BCUT2D eigenvalue weighted by molar-refractivity contribution is 6.03. The number of aliphatic imine (C=N–C) groups is 1. The van der Waals surface area contributed by atoms with Crippen molar-refractivity contribution in [2.75, 3.05) is 0 Å². The molecule has 1 unspecified atom stereocenters. The van der Waals surface area contributed by atoms with Crippen molar-refractivity contribution in [1.29, 1.82) is 0 Å². The van der Waals surface area contributed by atoms with E-state index in [0.29, 0.717) is 0 Å². The van der Waals surface area contributed by atoms with Crippen LogP contribution in [-0.4, -0.2) is 12.0 Å². The maximum atomic E-state index is 11.6. The van der Waals surface area contributed by atoms with Crippen LogP contribution in [0.3, 0.4) is 0 Å². The summed E-state index contributed by atoms with van der Waals surface area (Å²) >= 11 is 0. The van der Waals surface area contributed by atoms with Crippen LogP contribution in [-0.2, 0) is 4.79 Å². The van der Waals surface area contributed by atoms with Gasteiger partial charge in [-0.2, -0.15) is 0 Å². The fourth-order valence-corrected chi connectivity index (χ4v) is 1.86. The molecule has 0 N–H and O–H groups in total. The number of hydrogen-bond donors (Lipinski definition) is 0. The average Bonchev–Trinajstić information content (AvgIpc) is 2.42. The van der Waals surface area contributed by atoms with Gasteiger partial charge in [0.2, 0.25) is 0 Å². The Labute approximate surface area is 86.1 Å². The van der Waals surface area contributed by atoms with Crippen LogP contribution in [0, 0.1) is 5.41 Å². The Morgan fingerprint density at radius 1 is 1.57 bits per heavy atom. The first-order chi connectivity index (χ1) is 6.52. The molecule has 0 amide bonds. The number of ketones is 1. The molecule has 1 heterocycles. The molecule has 0 bridgehead atoms. The minimum absolute atomic E-state index is 0.198. The first kappa shape index (κ1) is 11.2. The van der Waals surface area contributed by atoms with Gasteiger partial charge in [0, 0.05) is 11.9 Å². The number of carbonyl (C=O) groups is 1. The summed E-state index contributed by atoms with van der Waals surface area (Å²) in [5.41, 5.74) is 1.84. The van der Waals surface area contributed by atoms with Crippen LogP contribution < -0.4 is 0 Å². The van der Waals surface area contributed by atoms with Crippen molar-refractivity contribution in [3.8, 4) is 0 Å². The zero-order valence-corrected chi connectivity index (χ0v) is 9.55. The van der Waals surface area contributed by atoms with Gasteiger partial charge in [-0.15, -0.1) is 0 Å². The maximum Gasteiger partial charge on any atom is 0.145 e. The van der Waals surface area contributed by atoms with Crippen LogP contribution in [0.15, 0.2) is 16.3 Å². The monoisotopic (exact) mass is 193 g/mol. The van der Waals surface area contributed by atoms with E-state index in [1.54, 1.807) is 13.1 Å². The van der Waals surface area contributed by atoms with Crippen LogP contribution in [0.4, 0.5) is 0 Å². The van der Waals surface area contributed by atoms with Crippen LogP contribution in [0.5, 0.6) is 0 Å². The van der Waals surface area contributed by atoms with Gasteiger partial charge in [0.1, 0.15) is 5.78 Å². The number of rotatable bonds is 4. The Morgan fingerprint density at radius 2 is 2.21 bits per heavy atom. The molecule has 0 spiro atoms. The number of carbonyl (C=O) groups excluding carboxylic acids is 1. The largest absolute Gasteiger partial charge is 0.299 e. The number of unbranched alkanes of at least 4 members (excludes halogenated alkanes) is 1. The van der Waals surface area contributed by atoms with Crippen LogP contribution in [0.2, 0.25) is 0 Å². The second-order valence-corrected chi connectivity index (χ2v) is 4.18. The molecule has 0 aliphatic carbocycles. The van der Waals surface area contributed by atoms with Gasteiger partial charge >= 0.3 is 0 Å². The summed E-state index contributed by atoms with van der Waals surface area (Å²) in [5, 5.41) is 0. The lowest BCUT2D eigenvalue weighted by Crippen LogP contribution is -2.27. The summed E-state index contributed by atoms with van der Waals surface area (Å²) in [4.78, 5) is 15.8. The summed E-state index contributed by atoms with van der Waals surface area (Å²) in [6.07, 6.45) is 5.09. The topological polar surface area (TPSA) is 29.4 Å². The third kappa shape index (κ3) is 1.79. The zero-order chi connectivity index (χ0) is 10.8. The van der Waals surface area contributed by atoms with Crippen molar-refractivity contribution in [3.63, 3.8) is 0 Å². The van der Waals surface area contributed by atoms with Crippen molar-refractivity contribution in [1.82, 2.24) is 0 Å². The molecule has 0 saturated heterocycles. The SMILES string of the molecule is CCCCC1=C(C)N=CC1(C)C(C)=O. The third-order valence-corrected chi connectivity index (χ3v) is 3.09. The Hall–Kier alpha value is -0.920. The maximum absolute atomic E-state index is 11.6. The predicted molar refractivity (Wildman–Crippen MR) is 59.5 cm³/mol. The summed E-state index contributed by atoms with van der Waals surface area (Å²) in [7, 11) is 0. The van der Waals surface area contributed by atoms with Gasteiger partial charge in [0.25, 0.3) is 0 Å². The first-order valence-electron chi connectivity index (χ1n) is 5.29. The molecule has 0 fully saturated rings. The molecule has 78 valence electrons. The Balaban J connectivity index is 2.90. The molecule has 0 saturated carbocycles. The highest BCUT2D eigenvalue weighted by atomic mass is 16.1. The lowest BCUT2D eigenvalue weighted by atomic mass is 9.78. The molecule has 0 aromatic carbocycles. The van der Waals surface area contributed by atoms with Gasteiger partial charge in [-0.3, -0.25) is 9.79 Å². The predicted octanol–water partition coefficient (Wildman–Crippen LogP) is 3.13. The average molecular weight is 193 g/mol. The van der Waals surface area contributed by atoms with Crippen LogP contribution in [0.25, 0.3) is 0 Å². The van der Waals surface area contributed by atoms with Gasteiger partial charge in [-0.05, 0) is 39.2 Å². The Bertz CT molecular complexity index is 301. The molecule has 0 aromatic heterocycles. The van der Waals surface area contributed by atoms with E-state index in [1.807, 2.05) is 13.8 Å². The van der Waals surface area contributed by atoms with Crippen molar-refractivity contribution in [3.05, 3.63) is 11.3 Å². The molecule has 0 radical (unpaired) electrons. The highest BCUT2D eigenvalue weighted by Crippen LogP contribution is 2.37. The van der Waals surface area contributed by atoms with E-state index in [-0.39, 0.29) is 5.78 Å². The van der Waals surface area contributed by atoms with Gasteiger partial charge in [0.05, 0.1) is 5.41 Å².